The summed E-state index contributed by atoms with van der Waals surface area (Å²) in [6, 6.07) is 0. The fraction of sp³-hybridized carbons (Fsp3) is 1.00. The van der Waals surface area contributed by atoms with Crippen LogP contribution in [0.3, 0.4) is 0 Å². The molecule has 0 aromatic carbocycles. The van der Waals surface area contributed by atoms with Crippen LogP contribution in [0.1, 0.15) is 13.8 Å². The van der Waals surface area contributed by atoms with Crippen LogP contribution in [-0.4, -0.2) is 61.1 Å². The van der Waals surface area contributed by atoms with E-state index in [1.165, 1.54) is 0 Å². The van der Waals surface area contributed by atoms with Crippen molar-refractivity contribution in [3.8, 4) is 0 Å². The first kappa shape index (κ1) is 16.2. The van der Waals surface area contributed by atoms with E-state index in [1.807, 2.05) is 6.92 Å². The molecule has 0 aliphatic carbocycles. The molecule has 2 atom stereocenters. The van der Waals surface area contributed by atoms with Gasteiger partial charge in [0.15, 0.2) is 0 Å². The second-order valence-electron chi connectivity index (χ2n) is 2.90. The van der Waals surface area contributed by atoms with Crippen LogP contribution >= 0.6 is 0 Å². The van der Waals surface area contributed by atoms with Crippen LogP contribution < -0.4 is 0 Å². The highest BCUT2D eigenvalue weighted by molar-refractivity contribution is 4.48. The Labute approximate surface area is 85.3 Å². The zero-order valence-corrected chi connectivity index (χ0v) is 9.14. The molecule has 0 amide bonds. The molecule has 0 saturated heterocycles. The van der Waals surface area contributed by atoms with E-state index in [0.717, 1.165) is 0 Å². The Morgan fingerprint density at radius 3 is 1.86 bits per heavy atom. The number of aliphatic hydroxyl groups is 3. The van der Waals surface area contributed by atoms with E-state index < -0.39 is 0 Å². The molecule has 0 rings (SSSR count). The van der Waals surface area contributed by atoms with Crippen molar-refractivity contribution in [2.45, 2.75) is 26.1 Å². The first-order valence-electron chi connectivity index (χ1n) is 4.58. The largest absolute Gasteiger partial charge is 0.394 e. The van der Waals surface area contributed by atoms with E-state index in [-0.39, 0.29) is 25.4 Å². The van der Waals surface area contributed by atoms with Crippen LogP contribution in [0.25, 0.3) is 0 Å². The second-order valence-corrected chi connectivity index (χ2v) is 2.90. The van der Waals surface area contributed by atoms with Crippen LogP contribution in [0.4, 0.5) is 0 Å². The SMILES string of the molecule is COCC(C)OCC(C)O.OCCO. The highest BCUT2D eigenvalue weighted by Crippen LogP contribution is 1.92. The van der Waals surface area contributed by atoms with E-state index in [9.17, 15) is 0 Å². The van der Waals surface area contributed by atoms with Crippen LogP contribution in [0.15, 0.2) is 0 Å². The number of rotatable bonds is 6. The summed E-state index contributed by atoms with van der Waals surface area (Å²) in [6.45, 7) is 4.31. The monoisotopic (exact) mass is 210 g/mol. The summed E-state index contributed by atoms with van der Waals surface area (Å²) >= 11 is 0. The van der Waals surface area contributed by atoms with Crippen LogP contribution in [0.2, 0.25) is 0 Å². The summed E-state index contributed by atoms with van der Waals surface area (Å²) in [5.41, 5.74) is 0. The number of ether oxygens (including phenoxy) is 2. The average molecular weight is 210 g/mol. The summed E-state index contributed by atoms with van der Waals surface area (Å²) in [4.78, 5) is 0. The highest BCUT2D eigenvalue weighted by atomic mass is 16.5. The van der Waals surface area contributed by atoms with Gasteiger partial charge in [0.25, 0.3) is 0 Å². The summed E-state index contributed by atoms with van der Waals surface area (Å²) in [5.74, 6) is 0. The molecule has 0 radical (unpaired) electrons. The Morgan fingerprint density at radius 1 is 1.07 bits per heavy atom. The van der Waals surface area contributed by atoms with Crippen LogP contribution in [-0.2, 0) is 9.47 Å². The molecule has 0 aromatic heterocycles. The predicted octanol–water partition coefficient (Wildman–Crippen LogP) is -0.610. The predicted molar refractivity (Wildman–Crippen MR) is 53.1 cm³/mol. The quantitative estimate of drug-likeness (QED) is 0.545. The molecule has 14 heavy (non-hydrogen) atoms. The molecule has 2 unspecified atom stereocenters. The zero-order valence-electron chi connectivity index (χ0n) is 9.14. The van der Waals surface area contributed by atoms with Crippen molar-refractivity contribution in [3.63, 3.8) is 0 Å². The lowest BCUT2D eigenvalue weighted by atomic mass is 10.4. The Bertz CT molecular complexity index is 95.2. The van der Waals surface area contributed by atoms with Gasteiger partial charge in [-0.15, -0.1) is 0 Å². The topological polar surface area (TPSA) is 79.2 Å². The molecule has 0 saturated carbocycles. The molecule has 0 fully saturated rings. The summed E-state index contributed by atoms with van der Waals surface area (Å²) in [6.07, 6.45) is -0.320. The number of hydrogen-bond acceptors (Lipinski definition) is 5. The van der Waals surface area contributed by atoms with Gasteiger partial charge < -0.3 is 24.8 Å². The lowest BCUT2D eigenvalue weighted by Gasteiger charge is -2.12. The van der Waals surface area contributed by atoms with Crippen molar-refractivity contribution in [2.24, 2.45) is 0 Å². The molecule has 0 aliphatic rings. The molecule has 88 valence electrons. The molecule has 0 aliphatic heterocycles. The Hall–Kier alpha value is -0.200. The standard InChI is InChI=1S/C7H16O3.C2H6O2/c1-6(8)4-10-7(2)5-9-3;3-1-2-4/h6-8H,4-5H2,1-3H3;3-4H,1-2H2. The van der Waals surface area contributed by atoms with Crippen LogP contribution in [0, 0.1) is 0 Å². The van der Waals surface area contributed by atoms with E-state index in [2.05, 4.69) is 0 Å². The van der Waals surface area contributed by atoms with Crippen LogP contribution in [0.5, 0.6) is 0 Å². The van der Waals surface area contributed by atoms with Gasteiger partial charge in [-0.05, 0) is 13.8 Å². The minimum Gasteiger partial charge on any atom is -0.394 e. The van der Waals surface area contributed by atoms with Gasteiger partial charge in [0, 0.05) is 7.11 Å². The third-order valence-corrected chi connectivity index (χ3v) is 1.12. The van der Waals surface area contributed by atoms with Crippen molar-refractivity contribution in [2.75, 3.05) is 33.5 Å². The maximum absolute atomic E-state index is 8.80. The minimum absolute atomic E-state index is 0.0691. The highest BCUT2D eigenvalue weighted by Gasteiger charge is 2.02. The van der Waals surface area contributed by atoms with Crippen molar-refractivity contribution in [1.29, 1.82) is 0 Å². The lowest BCUT2D eigenvalue weighted by molar-refractivity contribution is -0.0268. The summed E-state index contributed by atoms with van der Waals surface area (Å²) < 4.78 is 10.00. The Kier molecular flexibility index (Phi) is 14.8. The molecule has 0 bridgehead atoms. The Morgan fingerprint density at radius 2 is 1.57 bits per heavy atom. The molecule has 0 heterocycles. The van der Waals surface area contributed by atoms with Crippen molar-refractivity contribution in [3.05, 3.63) is 0 Å². The maximum atomic E-state index is 8.80. The van der Waals surface area contributed by atoms with Gasteiger partial charge in [0.2, 0.25) is 0 Å². The fourth-order valence-corrected chi connectivity index (χ4v) is 0.586. The van der Waals surface area contributed by atoms with E-state index in [1.54, 1.807) is 14.0 Å². The molecular formula is C9H22O5. The average Bonchev–Trinajstić information content (AvgIpc) is 2.16. The first-order valence-corrected chi connectivity index (χ1v) is 4.58. The van der Waals surface area contributed by atoms with Gasteiger partial charge in [-0.3, -0.25) is 0 Å². The smallest absolute Gasteiger partial charge is 0.0781 e. The van der Waals surface area contributed by atoms with Gasteiger partial charge in [-0.1, -0.05) is 0 Å². The number of aliphatic hydroxyl groups excluding tert-OH is 3. The van der Waals surface area contributed by atoms with Crippen molar-refractivity contribution < 1.29 is 24.8 Å². The van der Waals surface area contributed by atoms with E-state index >= 15 is 0 Å². The van der Waals surface area contributed by atoms with Gasteiger partial charge in [0.05, 0.1) is 38.6 Å². The second kappa shape index (κ2) is 12.8. The van der Waals surface area contributed by atoms with Crippen molar-refractivity contribution in [1.82, 2.24) is 0 Å². The maximum Gasteiger partial charge on any atom is 0.0781 e. The normalized spacial score (nSPS) is 14.1. The van der Waals surface area contributed by atoms with Gasteiger partial charge in [0.1, 0.15) is 0 Å². The fourth-order valence-electron chi connectivity index (χ4n) is 0.586. The van der Waals surface area contributed by atoms with Crippen molar-refractivity contribution >= 4 is 0 Å². The summed E-state index contributed by atoms with van der Waals surface area (Å²) in [7, 11) is 1.63. The third kappa shape index (κ3) is 17.8. The number of hydrogen-bond donors (Lipinski definition) is 3. The first-order chi connectivity index (χ1) is 6.58. The Balaban J connectivity index is 0. The molecular weight excluding hydrogens is 188 g/mol. The minimum atomic E-state index is -0.390. The molecule has 3 N–H and O–H groups in total. The third-order valence-electron chi connectivity index (χ3n) is 1.12. The van der Waals surface area contributed by atoms with Gasteiger partial charge in [-0.2, -0.15) is 0 Å². The van der Waals surface area contributed by atoms with E-state index in [0.29, 0.717) is 13.2 Å². The molecule has 0 aromatic rings. The number of methoxy groups -OCH3 is 1. The summed E-state index contributed by atoms with van der Waals surface area (Å²) in [5, 5.41) is 24.1. The molecule has 5 nitrogen and oxygen atoms in total. The zero-order chi connectivity index (χ0) is 11.4. The molecule has 5 heteroatoms. The van der Waals surface area contributed by atoms with Gasteiger partial charge >= 0.3 is 0 Å². The molecule has 0 spiro atoms. The van der Waals surface area contributed by atoms with E-state index in [4.69, 9.17) is 24.8 Å². The lowest BCUT2D eigenvalue weighted by Crippen LogP contribution is -2.20. The van der Waals surface area contributed by atoms with Gasteiger partial charge in [-0.25, -0.2) is 0 Å².